The van der Waals surface area contributed by atoms with Crippen LogP contribution in [0.1, 0.15) is 32.9 Å². The number of aromatic nitrogens is 1. The van der Waals surface area contributed by atoms with Crippen molar-refractivity contribution in [2.45, 2.75) is 39.8 Å². The first kappa shape index (κ1) is 13.0. The second-order valence-corrected chi connectivity index (χ2v) is 4.76. The van der Waals surface area contributed by atoms with Crippen molar-refractivity contribution >= 4 is 5.69 Å². The average Bonchev–Trinajstić information content (AvgIpc) is 2.27. The Kier molecular flexibility index (Phi) is 4.74. The highest BCUT2D eigenvalue weighted by Crippen LogP contribution is 2.21. The molecule has 0 spiro atoms. The fourth-order valence-corrected chi connectivity index (χ4v) is 1.99. The number of rotatable bonds is 5. The number of nitrogens with zero attached hydrogens (tertiary/aromatic N) is 2. The monoisotopic (exact) mass is 221 g/mol. The van der Waals surface area contributed by atoms with E-state index in [2.05, 4.69) is 43.8 Å². The molecule has 1 heterocycles. The van der Waals surface area contributed by atoms with Crippen LogP contribution in [0.3, 0.4) is 0 Å². The Bertz CT molecular complexity index is 323. The fourth-order valence-electron chi connectivity index (χ4n) is 1.99. The Morgan fingerprint density at radius 2 is 2.06 bits per heavy atom. The molecule has 0 aliphatic carbocycles. The zero-order valence-electron chi connectivity index (χ0n) is 10.8. The Morgan fingerprint density at radius 3 is 2.62 bits per heavy atom. The van der Waals surface area contributed by atoms with E-state index in [1.807, 2.05) is 6.07 Å². The largest absolute Gasteiger partial charge is 0.370 e. The Hall–Kier alpha value is -1.09. The summed E-state index contributed by atoms with van der Waals surface area (Å²) < 4.78 is 0. The Morgan fingerprint density at radius 1 is 1.38 bits per heavy atom. The lowest BCUT2D eigenvalue weighted by molar-refractivity contribution is 0.503. The van der Waals surface area contributed by atoms with Gasteiger partial charge in [0.1, 0.15) is 0 Å². The molecule has 90 valence electrons. The van der Waals surface area contributed by atoms with E-state index < -0.39 is 0 Å². The molecule has 3 nitrogen and oxygen atoms in total. The van der Waals surface area contributed by atoms with E-state index in [4.69, 9.17) is 5.73 Å². The lowest BCUT2D eigenvalue weighted by Gasteiger charge is -2.29. The van der Waals surface area contributed by atoms with Gasteiger partial charge >= 0.3 is 0 Å². The van der Waals surface area contributed by atoms with Crippen molar-refractivity contribution in [2.24, 2.45) is 11.7 Å². The third-order valence-corrected chi connectivity index (χ3v) is 2.91. The summed E-state index contributed by atoms with van der Waals surface area (Å²) in [5.74, 6) is 0.704. The quantitative estimate of drug-likeness (QED) is 0.830. The van der Waals surface area contributed by atoms with Crippen LogP contribution in [0, 0.1) is 5.92 Å². The van der Waals surface area contributed by atoms with E-state index in [9.17, 15) is 0 Å². The first-order valence-electron chi connectivity index (χ1n) is 5.93. The minimum atomic E-state index is 0.495. The predicted octanol–water partition coefficient (Wildman–Crippen LogP) is 2.41. The maximum atomic E-state index is 5.70. The molecule has 1 atom stereocenters. The molecule has 0 fully saturated rings. The highest BCUT2D eigenvalue weighted by atomic mass is 15.1. The summed E-state index contributed by atoms with van der Waals surface area (Å²) in [5, 5.41) is 0. The van der Waals surface area contributed by atoms with Crippen molar-refractivity contribution in [3.63, 3.8) is 0 Å². The summed E-state index contributed by atoms with van der Waals surface area (Å²) in [6, 6.07) is 4.56. The van der Waals surface area contributed by atoms with E-state index >= 15 is 0 Å². The van der Waals surface area contributed by atoms with Gasteiger partial charge in [0.05, 0.1) is 11.4 Å². The zero-order valence-corrected chi connectivity index (χ0v) is 10.8. The van der Waals surface area contributed by atoms with Crippen molar-refractivity contribution in [1.82, 2.24) is 4.98 Å². The summed E-state index contributed by atoms with van der Waals surface area (Å²) >= 11 is 0. The van der Waals surface area contributed by atoms with E-state index in [-0.39, 0.29) is 0 Å². The molecular weight excluding hydrogens is 198 g/mol. The number of hydrogen-bond donors (Lipinski definition) is 1. The van der Waals surface area contributed by atoms with Crippen molar-refractivity contribution in [1.29, 1.82) is 0 Å². The predicted molar refractivity (Wildman–Crippen MR) is 69.4 cm³/mol. The van der Waals surface area contributed by atoms with Gasteiger partial charge in [-0.25, -0.2) is 0 Å². The summed E-state index contributed by atoms with van der Waals surface area (Å²) in [6.45, 7) is 7.23. The molecule has 0 bridgehead atoms. The van der Waals surface area contributed by atoms with Crippen LogP contribution in [0.15, 0.2) is 18.3 Å². The molecule has 0 aliphatic heterocycles. The van der Waals surface area contributed by atoms with Crippen LogP contribution in [0.4, 0.5) is 5.69 Å². The maximum absolute atomic E-state index is 5.70. The lowest BCUT2D eigenvalue weighted by atomic mass is 10.0. The van der Waals surface area contributed by atoms with Gasteiger partial charge in [-0.1, -0.05) is 13.8 Å². The normalized spacial score (nSPS) is 12.9. The molecule has 0 aliphatic rings. The molecule has 1 unspecified atom stereocenters. The second-order valence-electron chi connectivity index (χ2n) is 4.76. The molecule has 0 saturated carbocycles. The van der Waals surface area contributed by atoms with E-state index in [0.29, 0.717) is 18.5 Å². The van der Waals surface area contributed by atoms with Gasteiger partial charge in [0.2, 0.25) is 0 Å². The molecule has 0 aromatic carbocycles. The van der Waals surface area contributed by atoms with Gasteiger partial charge in [0.25, 0.3) is 0 Å². The summed E-state index contributed by atoms with van der Waals surface area (Å²) in [7, 11) is 2.11. The van der Waals surface area contributed by atoms with Gasteiger partial charge in [-0.3, -0.25) is 4.98 Å². The Labute approximate surface area is 98.7 Å². The summed E-state index contributed by atoms with van der Waals surface area (Å²) in [5.41, 5.74) is 7.82. The van der Waals surface area contributed by atoms with Gasteiger partial charge in [-0.05, 0) is 31.4 Å². The summed E-state index contributed by atoms with van der Waals surface area (Å²) in [6.07, 6.45) is 2.97. The molecule has 1 rings (SSSR count). The third kappa shape index (κ3) is 3.20. The standard InChI is InChI=1S/C13H23N3/c1-10(2)8-11(3)16(4)13-6-5-7-15-12(13)9-14/h5-7,10-11H,8-9,14H2,1-4H3. The molecule has 0 radical (unpaired) electrons. The van der Waals surface area contributed by atoms with Crippen LogP contribution >= 0.6 is 0 Å². The molecule has 2 N–H and O–H groups in total. The smallest absolute Gasteiger partial charge is 0.0772 e. The molecular formula is C13H23N3. The van der Waals surface area contributed by atoms with Crippen molar-refractivity contribution < 1.29 is 0 Å². The fraction of sp³-hybridized carbons (Fsp3) is 0.615. The van der Waals surface area contributed by atoms with Gasteiger partial charge in [-0.15, -0.1) is 0 Å². The molecule has 1 aromatic rings. The van der Waals surface area contributed by atoms with Crippen LogP contribution in [0.2, 0.25) is 0 Å². The molecule has 3 heteroatoms. The van der Waals surface area contributed by atoms with Crippen LogP contribution in [-0.2, 0) is 6.54 Å². The highest BCUT2D eigenvalue weighted by molar-refractivity contribution is 5.50. The minimum Gasteiger partial charge on any atom is -0.370 e. The van der Waals surface area contributed by atoms with Crippen molar-refractivity contribution in [3.8, 4) is 0 Å². The zero-order chi connectivity index (χ0) is 12.1. The van der Waals surface area contributed by atoms with E-state index in [1.54, 1.807) is 6.20 Å². The third-order valence-electron chi connectivity index (χ3n) is 2.91. The topological polar surface area (TPSA) is 42.2 Å². The molecule has 16 heavy (non-hydrogen) atoms. The van der Waals surface area contributed by atoms with Gasteiger partial charge < -0.3 is 10.6 Å². The van der Waals surface area contributed by atoms with Crippen molar-refractivity contribution in [3.05, 3.63) is 24.0 Å². The van der Waals surface area contributed by atoms with Crippen LogP contribution in [-0.4, -0.2) is 18.1 Å². The first-order chi connectivity index (χ1) is 7.56. The van der Waals surface area contributed by atoms with Crippen LogP contribution in [0.5, 0.6) is 0 Å². The van der Waals surface area contributed by atoms with Crippen molar-refractivity contribution in [2.75, 3.05) is 11.9 Å². The number of hydrogen-bond acceptors (Lipinski definition) is 3. The molecule has 0 saturated heterocycles. The second kappa shape index (κ2) is 5.85. The van der Waals surface area contributed by atoms with Crippen LogP contribution < -0.4 is 10.6 Å². The number of nitrogens with two attached hydrogens (primary N) is 1. The Balaban J connectivity index is 2.82. The van der Waals surface area contributed by atoms with Gasteiger partial charge in [0, 0.05) is 25.8 Å². The molecule has 0 amide bonds. The lowest BCUT2D eigenvalue weighted by Crippen LogP contribution is -2.31. The first-order valence-corrected chi connectivity index (χ1v) is 5.93. The number of pyridine rings is 1. The minimum absolute atomic E-state index is 0.495. The SMILES string of the molecule is CC(C)CC(C)N(C)c1cccnc1CN. The van der Waals surface area contributed by atoms with Gasteiger partial charge in [0.15, 0.2) is 0 Å². The van der Waals surface area contributed by atoms with E-state index in [1.165, 1.54) is 6.42 Å². The average molecular weight is 221 g/mol. The van der Waals surface area contributed by atoms with Crippen LogP contribution in [0.25, 0.3) is 0 Å². The molecule has 1 aromatic heterocycles. The summed E-state index contributed by atoms with van der Waals surface area (Å²) in [4.78, 5) is 6.59. The highest BCUT2D eigenvalue weighted by Gasteiger charge is 2.14. The number of anilines is 1. The van der Waals surface area contributed by atoms with E-state index in [0.717, 1.165) is 11.4 Å². The van der Waals surface area contributed by atoms with Gasteiger partial charge in [-0.2, -0.15) is 0 Å². The maximum Gasteiger partial charge on any atom is 0.0772 e.